The first-order chi connectivity index (χ1) is 13.7. The minimum absolute atomic E-state index is 0.000114. The molecule has 4 nitrogen and oxygen atoms in total. The molecule has 1 aliphatic heterocycles. The quantitative estimate of drug-likeness (QED) is 0.554. The number of nitrogens with zero attached hydrogens (tertiary/aromatic N) is 1. The van der Waals surface area contributed by atoms with Crippen molar-refractivity contribution in [2.24, 2.45) is 0 Å². The minimum atomic E-state index is -0.0145. The van der Waals surface area contributed by atoms with Gasteiger partial charge in [0, 0.05) is 27.9 Å². The molecule has 1 aliphatic rings. The number of benzene rings is 1. The van der Waals surface area contributed by atoms with Gasteiger partial charge in [-0.2, -0.15) is 0 Å². The lowest BCUT2D eigenvalue weighted by atomic mass is 9.98. The Morgan fingerprint density at radius 3 is 2.75 bits per heavy atom. The van der Waals surface area contributed by atoms with Gasteiger partial charge in [0.2, 0.25) is 5.91 Å². The van der Waals surface area contributed by atoms with Crippen molar-refractivity contribution in [3.63, 3.8) is 0 Å². The number of rotatable bonds is 5. The van der Waals surface area contributed by atoms with E-state index in [0.717, 1.165) is 12.0 Å². The van der Waals surface area contributed by atoms with Crippen molar-refractivity contribution in [1.82, 2.24) is 4.90 Å². The predicted molar refractivity (Wildman–Crippen MR) is 114 cm³/mol. The fourth-order valence-corrected chi connectivity index (χ4v) is 5.37. The molecule has 4 rings (SSSR count). The van der Waals surface area contributed by atoms with E-state index in [0.29, 0.717) is 18.0 Å². The van der Waals surface area contributed by atoms with Gasteiger partial charge in [-0.1, -0.05) is 18.2 Å². The zero-order valence-corrected chi connectivity index (χ0v) is 17.4. The molecule has 0 N–H and O–H groups in total. The van der Waals surface area contributed by atoms with Crippen LogP contribution in [-0.4, -0.2) is 31.6 Å². The van der Waals surface area contributed by atoms with Crippen LogP contribution in [0, 0.1) is 0 Å². The predicted octanol–water partition coefficient (Wildman–Crippen LogP) is 5.01. The van der Waals surface area contributed by atoms with Gasteiger partial charge in [0.15, 0.2) is 11.5 Å². The van der Waals surface area contributed by atoms with Crippen molar-refractivity contribution >= 4 is 34.7 Å². The molecule has 1 aromatic carbocycles. The number of carbonyl (C=O) groups excluding carboxylic acids is 1. The van der Waals surface area contributed by atoms with Crippen molar-refractivity contribution < 1.29 is 14.3 Å². The highest BCUT2D eigenvalue weighted by Gasteiger charge is 2.32. The van der Waals surface area contributed by atoms with Gasteiger partial charge in [0.1, 0.15) is 0 Å². The molecule has 1 unspecified atom stereocenters. The van der Waals surface area contributed by atoms with Gasteiger partial charge in [-0.15, -0.1) is 22.7 Å². The highest BCUT2D eigenvalue weighted by Crippen LogP contribution is 2.39. The molecule has 1 atom stereocenters. The molecule has 3 aromatic rings. The van der Waals surface area contributed by atoms with Crippen LogP contribution in [0.4, 0.5) is 0 Å². The van der Waals surface area contributed by atoms with Crippen LogP contribution in [0.15, 0.2) is 53.2 Å². The Bertz CT molecular complexity index is 991. The molecule has 6 heteroatoms. The first-order valence-electron chi connectivity index (χ1n) is 9.02. The topological polar surface area (TPSA) is 38.8 Å². The summed E-state index contributed by atoms with van der Waals surface area (Å²) in [6, 6.07) is 11.9. The molecule has 0 radical (unpaired) electrons. The Labute approximate surface area is 172 Å². The second kappa shape index (κ2) is 8.20. The second-order valence-corrected chi connectivity index (χ2v) is 8.39. The number of ether oxygens (including phenoxy) is 2. The highest BCUT2D eigenvalue weighted by molar-refractivity contribution is 7.10. The number of hydrogen-bond acceptors (Lipinski definition) is 5. The van der Waals surface area contributed by atoms with Gasteiger partial charge in [-0.3, -0.25) is 4.79 Å². The van der Waals surface area contributed by atoms with Crippen LogP contribution in [0.1, 0.15) is 26.9 Å². The molecule has 0 spiro atoms. The van der Waals surface area contributed by atoms with Crippen LogP contribution >= 0.6 is 22.7 Å². The molecule has 0 fully saturated rings. The Kier molecular flexibility index (Phi) is 5.50. The summed E-state index contributed by atoms with van der Waals surface area (Å²) < 4.78 is 10.8. The highest BCUT2D eigenvalue weighted by atomic mass is 32.1. The van der Waals surface area contributed by atoms with E-state index in [9.17, 15) is 4.79 Å². The van der Waals surface area contributed by atoms with Crippen LogP contribution in [0.25, 0.3) is 6.08 Å². The maximum absolute atomic E-state index is 13.1. The molecule has 3 heterocycles. The Balaban J connectivity index is 1.64. The summed E-state index contributed by atoms with van der Waals surface area (Å²) >= 11 is 3.47. The van der Waals surface area contributed by atoms with Crippen LogP contribution < -0.4 is 9.47 Å². The van der Waals surface area contributed by atoms with E-state index in [1.807, 2.05) is 29.2 Å². The Morgan fingerprint density at radius 2 is 2.00 bits per heavy atom. The van der Waals surface area contributed by atoms with E-state index < -0.39 is 0 Å². The van der Waals surface area contributed by atoms with E-state index in [4.69, 9.17) is 9.47 Å². The number of carbonyl (C=O) groups is 1. The largest absolute Gasteiger partial charge is 0.493 e. The molecule has 28 heavy (non-hydrogen) atoms. The van der Waals surface area contributed by atoms with Gasteiger partial charge < -0.3 is 14.4 Å². The fourth-order valence-electron chi connectivity index (χ4n) is 3.61. The maximum atomic E-state index is 13.1. The van der Waals surface area contributed by atoms with E-state index in [1.54, 1.807) is 49.0 Å². The third kappa shape index (κ3) is 3.45. The molecular formula is C22H21NO3S2. The average molecular weight is 412 g/mol. The van der Waals surface area contributed by atoms with Gasteiger partial charge in [0.25, 0.3) is 0 Å². The van der Waals surface area contributed by atoms with E-state index in [-0.39, 0.29) is 11.9 Å². The first-order valence-corrected chi connectivity index (χ1v) is 10.8. The van der Waals surface area contributed by atoms with Crippen molar-refractivity contribution in [2.75, 3.05) is 20.8 Å². The number of amides is 1. The van der Waals surface area contributed by atoms with Crippen molar-refractivity contribution in [3.05, 3.63) is 74.1 Å². The minimum Gasteiger partial charge on any atom is -0.493 e. The van der Waals surface area contributed by atoms with Crippen molar-refractivity contribution in [2.45, 2.75) is 12.5 Å². The molecule has 0 saturated heterocycles. The lowest BCUT2D eigenvalue weighted by Gasteiger charge is -2.34. The smallest absolute Gasteiger partial charge is 0.247 e. The van der Waals surface area contributed by atoms with Gasteiger partial charge >= 0.3 is 0 Å². The monoisotopic (exact) mass is 411 g/mol. The summed E-state index contributed by atoms with van der Waals surface area (Å²) in [4.78, 5) is 17.7. The average Bonchev–Trinajstić information content (AvgIpc) is 3.42. The van der Waals surface area contributed by atoms with E-state index in [1.165, 1.54) is 15.3 Å². The molecular weight excluding hydrogens is 390 g/mol. The van der Waals surface area contributed by atoms with Gasteiger partial charge in [0.05, 0.1) is 20.3 Å². The number of para-hydroxylation sites is 1. The third-order valence-electron chi connectivity index (χ3n) is 4.90. The molecule has 144 valence electrons. The zero-order valence-electron chi connectivity index (χ0n) is 15.8. The van der Waals surface area contributed by atoms with E-state index >= 15 is 0 Å². The molecule has 0 saturated carbocycles. The molecule has 0 bridgehead atoms. The normalized spacial score (nSPS) is 16.2. The van der Waals surface area contributed by atoms with Crippen LogP contribution in [-0.2, 0) is 11.2 Å². The molecule has 1 amide bonds. The fraction of sp³-hybridized carbons (Fsp3) is 0.227. The summed E-state index contributed by atoms with van der Waals surface area (Å²) in [5.41, 5.74) is 2.07. The summed E-state index contributed by atoms with van der Waals surface area (Å²) in [6.07, 6.45) is 4.34. The Morgan fingerprint density at radius 1 is 1.11 bits per heavy atom. The van der Waals surface area contributed by atoms with Crippen LogP contribution in [0.2, 0.25) is 0 Å². The lowest BCUT2D eigenvalue weighted by molar-refractivity contribution is -0.127. The summed E-state index contributed by atoms with van der Waals surface area (Å²) in [5.74, 6) is 1.28. The SMILES string of the molecule is COc1cccc(/C=C/C(=O)N2CCc3sccc3C2c2cccs2)c1OC. The zero-order chi connectivity index (χ0) is 19.5. The van der Waals surface area contributed by atoms with Gasteiger partial charge in [-0.05, 0) is 47.0 Å². The van der Waals surface area contributed by atoms with Crippen LogP contribution in [0.5, 0.6) is 11.5 Å². The Hall–Kier alpha value is -2.57. The standard InChI is InChI=1S/C22H21NO3S2/c1-25-17-6-3-5-15(22(17)26-2)8-9-20(24)23-12-10-18-16(11-14-28-18)21(23)19-7-4-13-27-19/h3-9,11,13-14,21H,10,12H2,1-2H3/b9-8+. The third-order valence-corrected chi connectivity index (χ3v) is 6.82. The number of fused-ring (bicyclic) bond motifs is 1. The lowest BCUT2D eigenvalue weighted by Crippen LogP contribution is -2.38. The number of hydrogen-bond donors (Lipinski definition) is 0. The van der Waals surface area contributed by atoms with Crippen molar-refractivity contribution in [3.8, 4) is 11.5 Å². The first kappa shape index (κ1) is 18.8. The van der Waals surface area contributed by atoms with E-state index in [2.05, 4.69) is 22.9 Å². The van der Waals surface area contributed by atoms with Crippen molar-refractivity contribution in [1.29, 1.82) is 0 Å². The number of methoxy groups -OCH3 is 2. The second-order valence-electron chi connectivity index (χ2n) is 6.41. The summed E-state index contributed by atoms with van der Waals surface area (Å²) in [5, 5.41) is 4.19. The van der Waals surface area contributed by atoms with Gasteiger partial charge in [-0.25, -0.2) is 0 Å². The summed E-state index contributed by atoms with van der Waals surface area (Å²) in [7, 11) is 3.21. The maximum Gasteiger partial charge on any atom is 0.247 e. The summed E-state index contributed by atoms with van der Waals surface area (Å²) in [6.45, 7) is 0.717. The molecule has 2 aromatic heterocycles. The number of thiophene rings is 2. The molecule has 0 aliphatic carbocycles. The van der Waals surface area contributed by atoms with Crippen LogP contribution in [0.3, 0.4) is 0 Å².